The molecule has 4 rings (SSSR count). The van der Waals surface area contributed by atoms with E-state index >= 15 is 0 Å². The average Bonchev–Trinajstić information content (AvgIpc) is 3.31. The molecule has 1 N–H and O–H groups in total. The molecule has 4 aromatic rings. The van der Waals surface area contributed by atoms with Crippen LogP contribution in [0.4, 0.5) is 4.39 Å². The van der Waals surface area contributed by atoms with E-state index < -0.39 is 0 Å². The lowest BCUT2D eigenvalue weighted by molar-refractivity contribution is -0.133. The van der Waals surface area contributed by atoms with Crippen molar-refractivity contribution in [3.63, 3.8) is 0 Å². The van der Waals surface area contributed by atoms with Gasteiger partial charge in [-0.15, -0.1) is 0 Å². The van der Waals surface area contributed by atoms with Crippen molar-refractivity contribution < 1.29 is 9.18 Å². The van der Waals surface area contributed by atoms with Crippen LogP contribution in [0.25, 0.3) is 10.9 Å². The number of unbranched alkanes of at least 4 members (excludes halogenated alkanes) is 1. The monoisotopic (exact) mass is 539 g/mol. The number of nitrogens with zero attached hydrogens (tertiary/aromatic N) is 2. The summed E-state index contributed by atoms with van der Waals surface area (Å²) in [6.45, 7) is 4.40. The Labute approximate surface area is 228 Å². The van der Waals surface area contributed by atoms with Crippen LogP contribution in [-0.2, 0) is 24.3 Å². The van der Waals surface area contributed by atoms with E-state index in [0.717, 1.165) is 41.4 Å². The van der Waals surface area contributed by atoms with E-state index in [1.54, 1.807) is 18.2 Å². The summed E-state index contributed by atoms with van der Waals surface area (Å²) >= 11 is 12.4. The second-order valence-corrected chi connectivity index (χ2v) is 10.1. The summed E-state index contributed by atoms with van der Waals surface area (Å²) in [5.41, 5.74) is 3.75. The molecule has 0 bridgehead atoms. The van der Waals surface area contributed by atoms with Crippen LogP contribution < -0.4 is 0 Å². The van der Waals surface area contributed by atoms with Gasteiger partial charge in [-0.2, -0.15) is 0 Å². The number of rotatable bonds is 12. The fraction of sp³-hybridized carbons (Fsp3) is 0.300. The van der Waals surface area contributed by atoms with Crippen molar-refractivity contribution in [3.05, 3.63) is 105 Å². The highest BCUT2D eigenvalue weighted by Gasteiger charge is 2.20. The van der Waals surface area contributed by atoms with Crippen molar-refractivity contribution in [1.29, 1.82) is 0 Å². The maximum absolute atomic E-state index is 14.4. The molecule has 0 aliphatic heterocycles. The Kier molecular flexibility index (Phi) is 9.62. The number of H-pyrrole nitrogens is 1. The minimum atomic E-state index is -0.247. The largest absolute Gasteiger partial charge is 0.361 e. The molecule has 0 radical (unpaired) electrons. The number of para-hydroxylation sites is 1. The fourth-order valence-electron chi connectivity index (χ4n) is 4.50. The Hall–Kier alpha value is -2.86. The van der Waals surface area contributed by atoms with Gasteiger partial charge in [-0.05, 0) is 54.8 Å². The third-order valence-electron chi connectivity index (χ3n) is 6.57. The second kappa shape index (κ2) is 13.1. The minimum absolute atomic E-state index is 0.00152. The predicted octanol–water partition coefficient (Wildman–Crippen LogP) is 7.49. The van der Waals surface area contributed by atoms with Gasteiger partial charge in [0.05, 0.1) is 16.6 Å². The van der Waals surface area contributed by atoms with Crippen LogP contribution >= 0.6 is 23.2 Å². The van der Waals surface area contributed by atoms with Crippen LogP contribution in [0.2, 0.25) is 10.0 Å². The standard InChI is InChI=1S/C30H32Cl2FN3O/c1-2-3-15-35(20-24-8-4-6-10-28(24)33)21-30(37)36(19-22-12-13-26(31)27(32)17-22)16-14-23-18-34-29-11-7-5-9-25(23)29/h4-13,17-18,34H,2-3,14-16,19-21H2,1H3. The number of benzene rings is 3. The first-order chi connectivity index (χ1) is 17.9. The molecule has 1 amide bonds. The third kappa shape index (κ3) is 7.35. The average molecular weight is 541 g/mol. The Morgan fingerprint density at radius 1 is 0.919 bits per heavy atom. The molecule has 0 unspecified atom stereocenters. The van der Waals surface area contributed by atoms with Crippen LogP contribution in [-0.4, -0.2) is 40.3 Å². The lowest BCUT2D eigenvalue weighted by atomic mass is 10.1. The summed E-state index contributed by atoms with van der Waals surface area (Å²) in [7, 11) is 0. The number of aromatic nitrogens is 1. The van der Waals surface area contributed by atoms with Gasteiger partial charge in [-0.3, -0.25) is 9.69 Å². The SMILES string of the molecule is CCCCN(CC(=O)N(CCc1c[nH]c2ccccc12)Cc1ccc(Cl)c(Cl)c1)Cc1ccccc1F. The quantitative estimate of drug-likeness (QED) is 0.202. The zero-order valence-corrected chi connectivity index (χ0v) is 22.5. The lowest BCUT2D eigenvalue weighted by Gasteiger charge is -2.28. The Balaban J connectivity index is 1.53. The summed E-state index contributed by atoms with van der Waals surface area (Å²) in [6.07, 6.45) is 4.65. The molecule has 0 saturated carbocycles. The maximum atomic E-state index is 14.4. The van der Waals surface area contributed by atoms with Crippen molar-refractivity contribution in [2.45, 2.75) is 39.3 Å². The van der Waals surface area contributed by atoms with Crippen LogP contribution in [0.3, 0.4) is 0 Å². The highest BCUT2D eigenvalue weighted by Crippen LogP contribution is 2.24. The topological polar surface area (TPSA) is 39.3 Å². The van der Waals surface area contributed by atoms with Crippen molar-refractivity contribution in [1.82, 2.24) is 14.8 Å². The molecular formula is C30H32Cl2FN3O. The van der Waals surface area contributed by atoms with Crippen molar-refractivity contribution in [2.24, 2.45) is 0 Å². The molecule has 0 atom stereocenters. The number of nitrogens with one attached hydrogen (secondary N) is 1. The summed E-state index contributed by atoms with van der Waals surface area (Å²) in [5, 5.41) is 2.11. The van der Waals surface area contributed by atoms with Crippen LogP contribution in [0, 0.1) is 5.82 Å². The predicted molar refractivity (Wildman–Crippen MR) is 150 cm³/mol. The van der Waals surface area contributed by atoms with Gasteiger partial charge in [-0.25, -0.2) is 4.39 Å². The van der Waals surface area contributed by atoms with Gasteiger partial charge in [0, 0.05) is 42.3 Å². The smallest absolute Gasteiger partial charge is 0.237 e. The molecular weight excluding hydrogens is 508 g/mol. The van der Waals surface area contributed by atoms with Crippen molar-refractivity contribution >= 4 is 40.0 Å². The van der Waals surface area contributed by atoms with Gasteiger partial charge in [0.25, 0.3) is 0 Å². The molecule has 1 aromatic heterocycles. The second-order valence-electron chi connectivity index (χ2n) is 9.33. The van der Waals surface area contributed by atoms with Gasteiger partial charge in [0.2, 0.25) is 5.91 Å². The van der Waals surface area contributed by atoms with E-state index in [1.807, 2.05) is 52.4 Å². The van der Waals surface area contributed by atoms with Gasteiger partial charge < -0.3 is 9.88 Å². The van der Waals surface area contributed by atoms with E-state index in [9.17, 15) is 9.18 Å². The highest BCUT2D eigenvalue weighted by atomic mass is 35.5. The number of hydrogen-bond acceptors (Lipinski definition) is 2. The molecule has 37 heavy (non-hydrogen) atoms. The van der Waals surface area contributed by atoms with Gasteiger partial charge in [-0.1, -0.05) is 79.0 Å². The molecule has 0 aliphatic carbocycles. The van der Waals surface area contributed by atoms with E-state index in [2.05, 4.69) is 18.0 Å². The maximum Gasteiger partial charge on any atom is 0.237 e. The van der Waals surface area contributed by atoms with Crippen molar-refractivity contribution in [3.8, 4) is 0 Å². The zero-order valence-electron chi connectivity index (χ0n) is 21.0. The number of carbonyl (C=O) groups is 1. The first kappa shape index (κ1) is 27.2. The van der Waals surface area contributed by atoms with Gasteiger partial charge in [0.1, 0.15) is 5.82 Å². The van der Waals surface area contributed by atoms with E-state index in [0.29, 0.717) is 41.7 Å². The summed E-state index contributed by atoms with van der Waals surface area (Å²) < 4.78 is 14.4. The third-order valence-corrected chi connectivity index (χ3v) is 7.31. The van der Waals surface area contributed by atoms with Crippen LogP contribution in [0.1, 0.15) is 36.5 Å². The number of aromatic amines is 1. The Morgan fingerprint density at radius 3 is 2.49 bits per heavy atom. The lowest BCUT2D eigenvalue weighted by Crippen LogP contribution is -2.41. The van der Waals surface area contributed by atoms with E-state index in [1.165, 1.54) is 6.07 Å². The number of hydrogen-bond donors (Lipinski definition) is 1. The molecule has 4 nitrogen and oxygen atoms in total. The molecule has 3 aromatic carbocycles. The minimum Gasteiger partial charge on any atom is -0.361 e. The number of halogens is 3. The first-order valence-corrected chi connectivity index (χ1v) is 13.4. The molecule has 0 spiro atoms. The van der Waals surface area contributed by atoms with Gasteiger partial charge >= 0.3 is 0 Å². The Morgan fingerprint density at radius 2 is 1.70 bits per heavy atom. The highest BCUT2D eigenvalue weighted by molar-refractivity contribution is 6.42. The van der Waals surface area contributed by atoms with Crippen LogP contribution in [0.15, 0.2) is 72.9 Å². The number of fused-ring (bicyclic) bond motifs is 1. The molecule has 0 saturated heterocycles. The van der Waals surface area contributed by atoms with Crippen LogP contribution in [0.5, 0.6) is 0 Å². The van der Waals surface area contributed by atoms with E-state index in [-0.39, 0.29) is 18.3 Å². The van der Waals surface area contributed by atoms with Gasteiger partial charge in [0.15, 0.2) is 0 Å². The zero-order chi connectivity index (χ0) is 26.2. The summed E-state index contributed by atoms with van der Waals surface area (Å²) in [4.78, 5) is 20.9. The molecule has 194 valence electrons. The summed E-state index contributed by atoms with van der Waals surface area (Å²) in [5.74, 6) is -0.248. The van der Waals surface area contributed by atoms with Crippen molar-refractivity contribution in [2.75, 3.05) is 19.6 Å². The van der Waals surface area contributed by atoms with E-state index in [4.69, 9.17) is 23.2 Å². The molecule has 7 heteroatoms. The number of amides is 1. The molecule has 0 fully saturated rings. The Bertz CT molecular complexity index is 1340. The molecule has 0 aliphatic rings. The fourth-order valence-corrected chi connectivity index (χ4v) is 4.82. The summed E-state index contributed by atoms with van der Waals surface area (Å²) in [6, 6.07) is 20.4. The number of carbonyl (C=O) groups excluding carboxylic acids is 1. The normalized spacial score (nSPS) is 11.4. The molecule has 1 heterocycles. The first-order valence-electron chi connectivity index (χ1n) is 12.7.